The number of nitrogens with zero attached hydrogens (tertiary/aromatic N) is 2. The second kappa shape index (κ2) is 7.17. The lowest BCUT2D eigenvalue weighted by atomic mass is 10.1. The third-order valence-corrected chi connectivity index (χ3v) is 4.43. The van der Waals surface area contributed by atoms with Crippen molar-refractivity contribution in [3.8, 4) is 0 Å². The van der Waals surface area contributed by atoms with Gasteiger partial charge in [-0.2, -0.15) is 0 Å². The zero-order valence-electron chi connectivity index (χ0n) is 13.9. The molecule has 0 fully saturated rings. The molecule has 0 spiro atoms. The summed E-state index contributed by atoms with van der Waals surface area (Å²) >= 11 is 5.95. The minimum absolute atomic E-state index is 0.192. The Hall–Kier alpha value is -2.86. The predicted octanol–water partition coefficient (Wildman–Crippen LogP) is 3.22. The van der Waals surface area contributed by atoms with Gasteiger partial charge in [-0.1, -0.05) is 41.0 Å². The van der Waals surface area contributed by atoms with Crippen molar-refractivity contribution < 1.29 is 9.63 Å². The fourth-order valence-corrected chi connectivity index (χ4v) is 3.13. The van der Waals surface area contributed by atoms with E-state index >= 15 is 0 Å². The van der Waals surface area contributed by atoms with Gasteiger partial charge in [-0.3, -0.25) is 4.79 Å². The topological polar surface area (TPSA) is 79.4 Å². The highest BCUT2D eigenvalue weighted by atomic mass is 35.5. The summed E-state index contributed by atoms with van der Waals surface area (Å²) in [6.07, 6.45) is 0.837. The molecular formula is C19H17ClN4O2. The second-order valence-corrected chi connectivity index (χ2v) is 6.62. The molecule has 26 heavy (non-hydrogen) atoms. The molecule has 0 aliphatic carbocycles. The third-order valence-electron chi connectivity index (χ3n) is 4.20. The monoisotopic (exact) mass is 368 g/mol. The van der Waals surface area contributed by atoms with Crippen molar-refractivity contribution in [3.05, 3.63) is 64.9 Å². The van der Waals surface area contributed by atoms with E-state index in [1.54, 1.807) is 6.07 Å². The van der Waals surface area contributed by atoms with Crippen molar-refractivity contribution in [1.29, 1.82) is 0 Å². The first kappa shape index (κ1) is 16.6. The maximum absolute atomic E-state index is 12.3. The van der Waals surface area contributed by atoms with E-state index in [9.17, 15) is 4.79 Å². The molecular weight excluding hydrogens is 352 g/mol. The lowest BCUT2D eigenvalue weighted by molar-refractivity contribution is -0.115. The van der Waals surface area contributed by atoms with E-state index in [-0.39, 0.29) is 12.0 Å². The molecule has 1 aliphatic rings. The summed E-state index contributed by atoms with van der Waals surface area (Å²) in [6.45, 7) is 0.395. The van der Waals surface area contributed by atoms with Crippen LogP contribution in [0.3, 0.4) is 0 Å². The minimum Gasteiger partial charge on any atom is -0.391 e. The smallest absolute Gasteiger partial charge is 0.269 e. The molecule has 2 heterocycles. The number of rotatable bonds is 5. The second-order valence-electron chi connectivity index (χ2n) is 6.19. The Bertz CT molecular complexity index is 949. The number of hydrogen-bond acceptors (Lipinski definition) is 4. The predicted molar refractivity (Wildman–Crippen MR) is 100 cm³/mol. The number of halogens is 1. The molecule has 0 radical (unpaired) electrons. The fourth-order valence-electron chi connectivity index (χ4n) is 2.92. The van der Waals surface area contributed by atoms with E-state index in [4.69, 9.17) is 16.4 Å². The normalized spacial score (nSPS) is 16.3. The SMILES string of the molecule is O=C(NCc1cccc(Cl)c1)C1=NO[C@@H](Cc2nc3ccccc3[nH]2)C1. The van der Waals surface area contributed by atoms with Crippen LogP contribution >= 0.6 is 11.6 Å². The largest absolute Gasteiger partial charge is 0.391 e. The van der Waals surface area contributed by atoms with Gasteiger partial charge in [-0.25, -0.2) is 4.98 Å². The summed E-state index contributed by atoms with van der Waals surface area (Å²) in [5, 5.41) is 7.42. The Kier molecular flexibility index (Phi) is 4.58. The van der Waals surface area contributed by atoms with E-state index < -0.39 is 0 Å². The summed E-state index contributed by atoms with van der Waals surface area (Å²) in [5.41, 5.74) is 3.24. The molecule has 0 saturated heterocycles. The van der Waals surface area contributed by atoms with Crippen LogP contribution in [-0.4, -0.2) is 27.7 Å². The average Bonchev–Trinajstić information content (AvgIpc) is 3.26. The number of fused-ring (bicyclic) bond motifs is 1. The quantitative estimate of drug-likeness (QED) is 0.725. The summed E-state index contributed by atoms with van der Waals surface area (Å²) in [7, 11) is 0. The Morgan fingerprint density at radius 1 is 1.27 bits per heavy atom. The first-order chi connectivity index (χ1) is 12.7. The Morgan fingerprint density at radius 3 is 3.00 bits per heavy atom. The maximum atomic E-state index is 12.3. The van der Waals surface area contributed by atoms with Gasteiger partial charge >= 0.3 is 0 Å². The molecule has 0 bridgehead atoms. The molecule has 1 amide bonds. The van der Waals surface area contributed by atoms with E-state index in [1.165, 1.54) is 0 Å². The van der Waals surface area contributed by atoms with Crippen LogP contribution in [-0.2, 0) is 22.6 Å². The summed E-state index contributed by atoms with van der Waals surface area (Å²) in [4.78, 5) is 25.5. The van der Waals surface area contributed by atoms with Gasteiger partial charge in [-0.15, -0.1) is 0 Å². The molecule has 1 atom stereocenters. The summed E-state index contributed by atoms with van der Waals surface area (Å²) < 4.78 is 0. The van der Waals surface area contributed by atoms with Crippen LogP contribution < -0.4 is 5.32 Å². The number of aromatic nitrogens is 2. The van der Waals surface area contributed by atoms with Crippen LogP contribution in [0.4, 0.5) is 0 Å². The van der Waals surface area contributed by atoms with Gasteiger partial charge in [0.05, 0.1) is 11.0 Å². The van der Waals surface area contributed by atoms with Gasteiger partial charge in [0.15, 0.2) is 0 Å². The summed E-state index contributed by atoms with van der Waals surface area (Å²) in [5.74, 6) is 0.601. The summed E-state index contributed by atoms with van der Waals surface area (Å²) in [6, 6.07) is 15.2. The molecule has 2 N–H and O–H groups in total. The molecule has 0 unspecified atom stereocenters. The molecule has 6 nitrogen and oxygen atoms in total. The molecule has 1 aliphatic heterocycles. The molecule has 2 aromatic carbocycles. The van der Waals surface area contributed by atoms with E-state index in [1.807, 2.05) is 42.5 Å². The number of amides is 1. The highest BCUT2D eigenvalue weighted by molar-refractivity contribution is 6.39. The Balaban J connectivity index is 1.31. The number of carbonyl (C=O) groups is 1. The number of H-pyrrole nitrogens is 1. The number of aromatic amines is 1. The molecule has 1 aromatic heterocycles. The highest BCUT2D eigenvalue weighted by Gasteiger charge is 2.27. The van der Waals surface area contributed by atoms with Crippen LogP contribution in [0, 0.1) is 0 Å². The van der Waals surface area contributed by atoms with Crippen molar-refractivity contribution >= 4 is 34.3 Å². The van der Waals surface area contributed by atoms with Crippen LogP contribution in [0.5, 0.6) is 0 Å². The van der Waals surface area contributed by atoms with Crippen molar-refractivity contribution in [2.45, 2.75) is 25.5 Å². The lowest BCUT2D eigenvalue weighted by Gasteiger charge is -2.06. The van der Waals surface area contributed by atoms with Crippen LogP contribution in [0.2, 0.25) is 5.02 Å². The molecule has 132 valence electrons. The zero-order chi connectivity index (χ0) is 17.9. The standard InChI is InChI=1S/C19H17ClN4O2/c20-13-5-3-4-12(8-13)11-21-19(25)17-9-14(26-24-17)10-18-22-15-6-1-2-7-16(15)23-18/h1-8,14H,9-11H2,(H,21,25)(H,22,23)/t14-/m1/s1. The molecule has 4 rings (SSSR count). The first-order valence-electron chi connectivity index (χ1n) is 8.36. The number of carbonyl (C=O) groups excluding carboxylic acids is 1. The average molecular weight is 369 g/mol. The van der Waals surface area contributed by atoms with Crippen LogP contribution in [0.1, 0.15) is 17.8 Å². The van der Waals surface area contributed by atoms with Crippen LogP contribution in [0.15, 0.2) is 53.7 Å². The number of hydrogen-bond donors (Lipinski definition) is 2. The third kappa shape index (κ3) is 3.70. The Labute approximate surface area is 155 Å². The number of nitrogens with one attached hydrogen (secondary N) is 2. The molecule has 0 saturated carbocycles. The van der Waals surface area contributed by atoms with Crippen LogP contribution in [0.25, 0.3) is 11.0 Å². The maximum Gasteiger partial charge on any atom is 0.269 e. The van der Waals surface area contributed by atoms with E-state index in [2.05, 4.69) is 20.4 Å². The van der Waals surface area contributed by atoms with E-state index in [0.717, 1.165) is 22.4 Å². The Morgan fingerprint density at radius 2 is 2.15 bits per heavy atom. The minimum atomic E-state index is -0.225. The van der Waals surface area contributed by atoms with Gasteiger partial charge < -0.3 is 15.1 Å². The molecule has 7 heteroatoms. The van der Waals surface area contributed by atoms with Crippen molar-refractivity contribution in [3.63, 3.8) is 0 Å². The van der Waals surface area contributed by atoms with Gasteiger partial charge in [0, 0.05) is 24.4 Å². The number of benzene rings is 2. The van der Waals surface area contributed by atoms with Gasteiger partial charge in [-0.05, 0) is 29.8 Å². The number of oxime groups is 1. The van der Waals surface area contributed by atoms with E-state index in [0.29, 0.717) is 30.1 Å². The number of para-hydroxylation sites is 2. The first-order valence-corrected chi connectivity index (χ1v) is 8.74. The highest BCUT2D eigenvalue weighted by Crippen LogP contribution is 2.18. The lowest BCUT2D eigenvalue weighted by Crippen LogP contribution is -2.30. The number of imidazole rings is 1. The fraction of sp³-hybridized carbons (Fsp3) is 0.211. The van der Waals surface area contributed by atoms with Crippen molar-refractivity contribution in [2.75, 3.05) is 0 Å². The van der Waals surface area contributed by atoms with Crippen molar-refractivity contribution in [1.82, 2.24) is 15.3 Å². The van der Waals surface area contributed by atoms with Gasteiger partial charge in [0.1, 0.15) is 17.6 Å². The zero-order valence-corrected chi connectivity index (χ0v) is 14.7. The molecule has 3 aromatic rings. The van der Waals surface area contributed by atoms with Gasteiger partial charge in [0.25, 0.3) is 5.91 Å². The van der Waals surface area contributed by atoms with Crippen molar-refractivity contribution in [2.24, 2.45) is 5.16 Å². The van der Waals surface area contributed by atoms with Gasteiger partial charge in [0.2, 0.25) is 0 Å².